The molecule has 0 aliphatic heterocycles. The van der Waals surface area contributed by atoms with Crippen LogP contribution in [-0.2, 0) is 19.4 Å². The van der Waals surface area contributed by atoms with Gasteiger partial charge in [-0.2, -0.15) is 4.98 Å². The number of ether oxygens (including phenoxy) is 2. The van der Waals surface area contributed by atoms with Crippen LogP contribution in [0, 0.1) is 11.3 Å². The maximum atomic E-state index is 12.7. The van der Waals surface area contributed by atoms with Gasteiger partial charge < -0.3 is 20.5 Å². The number of nitrogen functional groups attached to an aromatic ring is 1. The SMILES string of the molecule is CC(C)[C@H](NC(=O)OC(C)(C)C)C(=O)OC[C@@]1(C[O])C/C1=C/n1cnc2c(=O)[nH]c(N)nc21. The first-order valence-corrected chi connectivity index (χ1v) is 10.5. The Morgan fingerprint density at radius 1 is 1.39 bits per heavy atom. The van der Waals surface area contributed by atoms with Gasteiger partial charge in [0, 0.05) is 6.20 Å². The molecule has 4 N–H and O–H groups in total. The van der Waals surface area contributed by atoms with Crippen LogP contribution < -0.4 is 16.6 Å². The van der Waals surface area contributed by atoms with E-state index in [1.165, 1.54) is 10.9 Å². The molecule has 1 aliphatic rings. The highest BCUT2D eigenvalue weighted by molar-refractivity contribution is 5.82. The fraction of sp³-hybridized carbons (Fsp3) is 0.571. The highest BCUT2D eigenvalue weighted by Crippen LogP contribution is 2.52. The van der Waals surface area contributed by atoms with Gasteiger partial charge in [-0.25, -0.2) is 19.7 Å². The molecular weight excluding hydrogens is 432 g/mol. The Bertz CT molecular complexity index is 1140. The summed E-state index contributed by atoms with van der Waals surface area (Å²) in [5.74, 6) is -0.956. The van der Waals surface area contributed by atoms with Crippen LogP contribution in [0.4, 0.5) is 10.7 Å². The van der Waals surface area contributed by atoms with Gasteiger partial charge in [0.05, 0.1) is 12.0 Å². The lowest BCUT2D eigenvalue weighted by Crippen LogP contribution is -2.47. The van der Waals surface area contributed by atoms with E-state index in [1.807, 2.05) is 0 Å². The van der Waals surface area contributed by atoms with Gasteiger partial charge in [0.2, 0.25) is 5.95 Å². The van der Waals surface area contributed by atoms with E-state index in [0.29, 0.717) is 6.42 Å². The molecule has 12 nitrogen and oxygen atoms in total. The minimum atomic E-state index is -0.925. The van der Waals surface area contributed by atoms with E-state index in [9.17, 15) is 19.5 Å². The number of nitrogens with one attached hydrogen (secondary N) is 2. The van der Waals surface area contributed by atoms with Crippen LogP contribution >= 0.6 is 0 Å². The predicted molar refractivity (Wildman–Crippen MR) is 118 cm³/mol. The number of imidazole rings is 1. The number of hydrogen-bond donors (Lipinski definition) is 3. The average molecular weight is 461 g/mol. The van der Waals surface area contributed by atoms with E-state index in [-0.39, 0.29) is 29.6 Å². The molecule has 3 rings (SSSR count). The number of nitrogens with two attached hydrogens (primary N) is 1. The van der Waals surface area contributed by atoms with E-state index < -0.39 is 41.3 Å². The lowest BCUT2D eigenvalue weighted by Gasteiger charge is -2.25. The number of esters is 1. The summed E-state index contributed by atoms with van der Waals surface area (Å²) < 4.78 is 12.1. The summed E-state index contributed by atoms with van der Waals surface area (Å²) in [6, 6.07) is -0.925. The van der Waals surface area contributed by atoms with E-state index in [4.69, 9.17) is 15.2 Å². The van der Waals surface area contributed by atoms with Gasteiger partial charge in [-0.05, 0) is 38.7 Å². The fourth-order valence-corrected chi connectivity index (χ4v) is 3.27. The predicted octanol–water partition coefficient (Wildman–Crippen LogP) is 1.46. The number of H-pyrrole nitrogens is 1. The number of rotatable bonds is 7. The fourth-order valence-electron chi connectivity index (χ4n) is 3.27. The summed E-state index contributed by atoms with van der Waals surface area (Å²) in [6.45, 7) is 8.05. The summed E-state index contributed by atoms with van der Waals surface area (Å²) in [5.41, 5.74) is 4.67. The summed E-state index contributed by atoms with van der Waals surface area (Å²) >= 11 is 0. The molecule has 12 heteroatoms. The van der Waals surface area contributed by atoms with Crippen molar-refractivity contribution in [3.8, 4) is 0 Å². The number of anilines is 1. The third kappa shape index (κ3) is 5.51. The Kier molecular flexibility index (Phi) is 6.50. The molecule has 0 saturated heterocycles. The Hall–Kier alpha value is -3.41. The maximum absolute atomic E-state index is 12.7. The molecular formula is C21H29N6O6. The Balaban J connectivity index is 1.69. The number of amides is 1. The second-order valence-corrected chi connectivity index (χ2v) is 9.51. The Morgan fingerprint density at radius 2 is 2.09 bits per heavy atom. The Labute approximate surface area is 190 Å². The smallest absolute Gasteiger partial charge is 0.408 e. The first-order chi connectivity index (χ1) is 15.3. The molecule has 33 heavy (non-hydrogen) atoms. The Morgan fingerprint density at radius 3 is 2.70 bits per heavy atom. The van der Waals surface area contributed by atoms with Gasteiger partial charge >= 0.3 is 12.1 Å². The number of fused-ring (bicyclic) bond motifs is 1. The summed E-state index contributed by atoms with van der Waals surface area (Å²) in [5, 5.41) is 14.5. The molecule has 1 aliphatic carbocycles. The molecule has 2 aromatic rings. The van der Waals surface area contributed by atoms with Gasteiger partial charge in [0.15, 0.2) is 11.2 Å². The van der Waals surface area contributed by atoms with Gasteiger partial charge in [-0.15, -0.1) is 0 Å². The second-order valence-electron chi connectivity index (χ2n) is 9.51. The van der Waals surface area contributed by atoms with Crippen molar-refractivity contribution in [3.05, 3.63) is 22.3 Å². The molecule has 2 aromatic heterocycles. The molecule has 2 atom stereocenters. The van der Waals surface area contributed by atoms with Gasteiger partial charge in [0.1, 0.15) is 24.6 Å². The molecule has 0 spiro atoms. The summed E-state index contributed by atoms with van der Waals surface area (Å²) in [4.78, 5) is 47.1. The molecule has 2 heterocycles. The molecule has 0 aromatic carbocycles. The van der Waals surface area contributed by atoms with E-state index >= 15 is 0 Å². The standard InChI is InChI=1S/C21H29N6O6/c1-11(2)13(24-19(31)33-20(3,4)5)17(30)32-9-21(8-28)6-12(21)7-27-10-23-14-15(27)25-18(22)26-16(14)29/h7,10-11,13H,6,8-9H2,1-5H3,(H,24,31)(H3,22,25,26,29)/b12-7-/t13-,21-/m0/s1. The van der Waals surface area contributed by atoms with Crippen LogP contribution in [0.3, 0.4) is 0 Å². The maximum Gasteiger partial charge on any atom is 0.408 e. The largest absolute Gasteiger partial charge is 0.463 e. The third-order valence-electron chi connectivity index (χ3n) is 5.19. The normalized spacial score (nSPS) is 20.2. The topological polar surface area (TPSA) is 174 Å². The van der Waals surface area contributed by atoms with Crippen molar-refractivity contribution in [2.24, 2.45) is 11.3 Å². The van der Waals surface area contributed by atoms with Crippen molar-refractivity contribution < 1.29 is 24.2 Å². The number of aromatic nitrogens is 4. The first kappa shape index (κ1) is 24.2. The van der Waals surface area contributed by atoms with Crippen LogP contribution in [0.1, 0.15) is 41.0 Å². The lowest BCUT2D eigenvalue weighted by molar-refractivity contribution is -0.149. The lowest BCUT2D eigenvalue weighted by atomic mass is 10.0. The summed E-state index contributed by atoms with van der Waals surface area (Å²) in [7, 11) is 0. The van der Waals surface area contributed by atoms with Crippen LogP contribution in [0.5, 0.6) is 0 Å². The number of alkyl carbamates (subject to hydrolysis) is 1. The molecule has 1 radical (unpaired) electrons. The second kappa shape index (κ2) is 8.85. The number of nitrogens with zero attached hydrogens (tertiary/aromatic N) is 3. The molecule has 1 amide bonds. The van der Waals surface area contributed by atoms with E-state index in [0.717, 1.165) is 5.57 Å². The van der Waals surface area contributed by atoms with Crippen LogP contribution in [-0.4, -0.2) is 56.4 Å². The van der Waals surface area contributed by atoms with Crippen molar-refractivity contribution in [2.45, 2.75) is 52.7 Å². The zero-order valence-corrected chi connectivity index (χ0v) is 19.3. The highest BCUT2D eigenvalue weighted by atomic mass is 16.6. The zero-order chi connectivity index (χ0) is 24.6. The van der Waals surface area contributed by atoms with E-state index in [1.54, 1.807) is 40.8 Å². The number of carbonyl (C=O) groups is 2. The first-order valence-electron chi connectivity index (χ1n) is 10.5. The molecule has 1 fully saturated rings. The van der Waals surface area contributed by atoms with Crippen molar-refractivity contribution in [2.75, 3.05) is 18.9 Å². The number of aromatic amines is 1. The van der Waals surface area contributed by atoms with Crippen molar-refractivity contribution in [1.82, 2.24) is 24.8 Å². The molecule has 179 valence electrons. The molecule has 0 unspecified atom stereocenters. The average Bonchev–Trinajstić information content (AvgIpc) is 3.24. The van der Waals surface area contributed by atoms with Crippen LogP contribution in [0.2, 0.25) is 0 Å². The van der Waals surface area contributed by atoms with Crippen molar-refractivity contribution in [1.29, 1.82) is 0 Å². The van der Waals surface area contributed by atoms with Crippen molar-refractivity contribution in [3.63, 3.8) is 0 Å². The van der Waals surface area contributed by atoms with Gasteiger partial charge in [-0.3, -0.25) is 14.3 Å². The van der Waals surface area contributed by atoms with Gasteiger partial charge in [-0.1, -0.05) is 13.8 Å². The minimum Gasteiger partial charge on any atom is -0.463 e. The monoisotopic (exact) mass is 461 g/mol. The minimum absolute atomic E-state index is 0.0512. The quantitative estimate of drug-likeness (QED) is 0.519. The third-order valence-corrected chi connectivity index (χ3v) is 5.19. The summed E-state index contributed by atoms with van der Waals surface area (Å²) in [6.07, 6.45) is 2.73. The van der Waals surface area contributed by atoms with Crippen LogP contribution in [0.25, 0.3) is 17.4 Å². The molecule has 0 bridgehead atoms. The number of hydrogen-bond acceptors (Lipinski definition) is 8. The zero-order valence-electron chi connectivity index (χ0n) is 19.3. The van der Waals surface area contributed by atoms with Crippen molar-refractivity contribution >= 4 is 35.4 Å². The number of carbonyl (C=O) groups excluding carboxylic acids is 2. The van der Waals surface area contributed by atoms with Gasteiger partial charge in [0.25, 0.3) is 5.56 Å². The molecule has 1 saturated carbocycles. The highest BCUT2D eigenvalue weighted by Gasteiger charge is 2.51. The van der Waals surface area contributed by atoms with Crippen LogP contribution in [0.15, 0.2) is 16.7 Å². The van der Waals surface area contributed by atoms with E-state index in [2.05, 4.69) is 20.3 Å².